The molecular formula is C12H18N2O2. The van der Waals surface area contributed by atoms with Crippen LogP contribution in [0.4, 0.5) is 0 Å². The Labute approximate surface area is 96.0 Å². The molecule has 4 nitrogen and oxygen atoms in total. The Kier molecular flexibility index (Phi) is 5.36. The highest BCUT2D eigenvalue weighted by molar-refractivity contribution is 5.75. The Morgan fingerprint density at radius 1 is 1.38 bits per heavy atom. The number of amides is 1. The van der Waals surface area contributed by atoms with Gasteiger partial charge in [-0.1, -0.05) is 12.1 Å². The summed E-state index contributed by atoms with van der Waals surface area (Å²) < 4.78 is 5.48. The van der Waals surface area contributed by atoms with Gasteiger partial charge >= 0.3 is 0 Å². The number of carbonyl (C=O) groups is 1. The first kappa shape index (κ1) is 12.5. The Balaban J connectivity index is 2.41. The zero-order chi connectivity index (χ0) is 11.8. The van der Waals surface area contributed by atoms with Crippen LogP contribution in [0.2, 0.25) is 0 Å². The van der Waals surface area contributed by atoms with E-state index in [0.29, 0.717) is 13.0 Å². The van der Waals surface area contributed by atoms with Crippen LogP contribution >= 0.6 is 0 Å². The van der Waals surface area contributed by atoms with E-state index in [1.807, 2.05) is 31.3 Å². The molecule has 0 fully saturated rings. The van der Waals surface area contributed by atoms with Gasteiger partial charge in [-0.2, -0.15) is 0 Å². The molecule has 1 rings (SSSR count). The third-order valence-corrected chi connectivity index (χ3v) is 2.16. The summed E-state index contributed by atoms with van der Waals surface area (Å²) >= 11 is 0. The fourth-order valence-corrected chi connectivity index (χ4v) is 1.34. The second kappa shape index (κ2) is 6.85. The van der Waals surface area contributed by atoms with Gasteiger partial charge in [-0.05, 0) is 24.7 Å². The maximum absolute atomic E-state index is 11.0. The zero-order valence-corrected chi connectivity index (χ0v) is 9.75. The Morgan fingerprint density at radius 2 is 2.19 bits per heavy atom. The molecule has 0 atom stereocenters. The molecular weight excluding hydrogens is 204 g/mol. The van der Waals surface area contributed by atoms with E-state index in [9.17, 15) is 4.79 Å². The van der Waals surface area contributed by atoms with Crippen LogP contribution in [0.1, 0.15) is 12.0 Å². The molecule has 0 aromatic heterocycles. The van der Waals surface area contributed by atoms with Crippen molar-refractivity contribution in [1.82, 2.24) is 10.6 Å². The second-order valence-corrected chi connectivity index (χ2v) is 3.45. The minimum Gasteiger partial charge on any atom is -0.493 e. The average molecular weight is 222 g/mol. The first-order chi connectivity index (χ1) is 7.76. The van der Waals surface area contributed by atoms with E-state index in [1.54, 1.807) is 7.05 Å². The highest BCUT2D eigenvalue weighted by Crippen LogP contribution is 2.13. The van der Waals surface area contributed by atoms with Crippen LogP contribution in [-0.2, 0) is 11.3 Å². The lowest BCUT2D eigenvalue weighted by Crippen LogP contribution is -2.20. The molecule has 16 heavy (non-hydrogen) atoms. The molecule has 0 radical (unpaired) electrons. The predicted octanol–water partition coefficient (Wildman–Crippen LogP) is 0.921. The molecule has 0 unspecified atom stereocenters. The summed E-state index contributed by atoms with van der Waals surface area (Å²) in [5.41, 5.74) is 1.17. The monoisotopic (exact) mass is 222 g/mol. The fraction of sp³-hybridized carbons (Fsp3) is 0.417. The van der Waals surface area contributed by atoms with E-state index in [-0.39, 0.29) is 5.91 Å². The first-order valence-corrected chi connectivity index (χ1v) is 5.33. The first-order valence-electron chi connectivity index (χ1n) is 5.33. The van der Waals surface area contributed by atoms with Crippen LogP contribution in [0.15, 0.2) is 24.3 Å². The van der Waals surface area contributed by atoms with Gasteiger partial charge in [0.2, 0.25) is 5.91 Å². The third kappa shape index (κ3) is 4.31. The molecule has 1 aromatic rings. The van der Waals surface area contributed by atoms with Gasteiger partial charge in [-0.3, -0.25) is 4.79 Å². The minimum absolute atomic E-state index is 0.00798. The average Bonchev–Trinajstić information content (AvgIpc) is 2.30. The van der Waals surface area contributed by atoms with Crippen molar-refractivity contribution in [2.45, 2.75) is 13.0 Å². The molecule has 1 amide bonds. The molecule has 0 aliphatic rings. The summed E-state index contributed by atoms with van der Waals surface area (Å²) in [5, 5.41) is 5.63. The van der Waals surface area contributed by atoms with Gasteiger partial charge < -0.3 is 15.4 Å². The SMILES string of the molecule is CNCc1cccc(OCCC(=O)NC)c1. The van der Waals surface area contributed by atoms with Crippen LogP contribution in [0.3, 0.4) is 0 Å². The maximum atomic E-state index is 11.0. The maximum Gasteiger partial charge on any atom is 0.223 e. The largest absolute Gasteiger partial charge is 0.493 e. The molecule has 4 heteroatoms. The lowest BCUT2D eigenvalue weighted by Gasteiger charge is -2.07. The molecule has 0 aliphatic carbocycles. The lowest BCUT2D eigenvalue weighted by molar-refractivity contribution is -0.121. The van der Waals surface area contributed by atoms with Gasteiger partial charge in [0, 0.05) is 13.6 Å². The minimum atomic E-state index is -0.00798. The van der Waals surface area contributed by atoms with Crippen molar-refractivity contribution in [3.8, 4) is 5.75 Å². The van der Waals surface area contributed by atoms with Gasteiger partial charge in [0.25, 0.3) is 0 Å². The number of benzene rings is 1. The molecule has 0 bridgehead atoms. The topological polar surface area (TPSA) is 50.4 Å². The van der Waals surface area contributed by atoms with E-state index in [0.717, 1.165) is 12.3 Å². The molecule has 0 saturated heterocycles. The molecule has 1 aromatic carbocycles. The highest BCUT2D eigenvalue weighted by atomic mass is 16.5. The zero-order valence-electron chi connectivity index (χ0n) is 9.75. The van der Waals surface area contributed by atoms with Gasteiger partial charge in [0.05, 0.1) is 13.0 Å². The van der Waals surface area contributed by atoms with Gasteiger partial charge in [0.15, 0.2) is 0 Å². The summed E-state index contributed by atoms with van der Waals surface area (Å²) in [6.45, 7) is 1.22. The van der Waals surface area contributed by atoms with Gasteiger partial charge in [-0.25, -0.2) is 0 Å². The summed E-state index contributed by atoms with van der Waals surface area (Å²) in [5.74, 6) is 0.794. The van der Waals surface area contributed by atoms with Crippen molar-refractivity contribution in [2.24, 2.45) is 0 Å². The van der Waals surface area contributed by atoms with E-state index < -0.39 is 0 Å². The number of hydrogen-bond donors (Lipinski definition) is 2. The van der Waals surface area contributed by atoms with E-state index >= 15 is 0 Å². The van der Waals surface area contributed by atoms with Crippen LogP contribution in [-0.4, -0.2) is 26.6 Å². The van der Waals surface area contributed by atoms with E-state index in [2.05, 4.69) is 10.6 Å². The van der Waals surface area contributed by atoms with Crippen molar-refractivity contribution < 1.29 is 9.53 Å². The Bertz CT molecular complexity index is 340. The summed E-state index contributed by atoms with van der Waals surface area (Å²) in [6, 6.07) is 7.84. The highest BCUT2D eigenvalue weighted by Gasteiger charge is 1.99. The molecule has 0 spiro atoms. The number of ether oxygens (including phenoxy) is 1. The third-order valence-electron chi connectivity index (χ3n) is 2.16. The number of carbonyl (C=O) groups excluding carboxylic acids is 1. The second-order valence-electron chi connectivity index (χ2n) is 3.45. The molecule has 2 N–H and O–H groups in total. The number of hydrogen-bond acceptors (Lipinski definition) is 3. The van der Waals surface area contributed by atoms with Crippen LogP contribution in [0.5, 0.6) is 5.75 Å². The molecule has 88 valence electrons. The van der Waals surface area contributed by atoms with Crippen LogP contribution < -0.4 is 15.4 Å². The number of rotatable bonds is 6. The molecule has 0 heterocycles. The predicted molar refractivity (Wildman–Crippen MR) is 63.4 cm³/mol. The van der Waals surface area contributed by atoms with Crippen molar-refractivity contribution in [2.75, 3.05) is 20.7 Å². The normalized spacial score (nSPS) is 9.88. The van der Waals surface area contributed by atoms with Crippen molar-refractivity contribution in [3.05, 3.63) is 29.8 Å². The van der Waals surface area contributed by atoms with Crippen LogP contribution in [0.25, 0.3) is 0 Å². The fourth-order valence-electron chi connectivity index (χ4n) is 1.34. The summed E-state index contributed by atoms with van der Waals surface area (Å²) in [4.78, 5) is 11.0. The molecule has 0 saturated carbocycles. The quantitative estimate of drug-likeness (QED) is 0.752. The van der Waals surface area contributed by atoms with Crippen molar-refractivity contribution >= 4 is 5.91 Å². The smallest absolute Gasteiger partial charge is 0.223 e. The summed E-state index contributed by atoms with van der Waals surface area (Å²) in [6.07, 6.45) is 0.382. The number of nitrogens with one attached hydrogen (secondary N) is 2. The van der Waals surface area contributed by atoms with E-state index in [1.165, 1.54) is 5.56 Å². The van der Waals surface area contributed by atoms with Gasteiger partial charge in [0.1, 0.15) is 5.75 Å². The standard InChI is InChI=1S/C12H18N2O2/c1-13-9-10-4-3-5-11(8-10)16-7-6-12(15)14-2/h3-5,8,13H,6-7,9H2,1-2H3,(H,14,15). The van der Waals surface area contributed by atoms with Crippen LogP contribution in [0, 0.1) is 0 Å². The van der Waals surface area contributed by atoms with Gasteiger partial charge in [-0.15, -0.1) is 0 Å². The van der Waals surface area contributed by atoms with Crippen molar-refractivity contribution in [1.29, 1.82) is 0 Å². The summed E-state index contributed by atoms with van der Waals surface area (Å²) in [7, 11) is 3.52. The van der Waals surface area contributed by atoms with Crippen molar-refractivity contribution in [3.63, 3.8) is 0 Å². The molecule has 0 aliphatic heterocycles. The Hall–Kier alpha value is -1.55. The Morgan fingerprint density at radius 3 is 2.88 bits per heavy atom. The lowest BCUT2D eigenvalue weighted by atomic mass is 10.2. The van der Waals surface area contributed by atoms with E-state index in [4.69, 9.17) is 4.74 Å².